The molecule has 2 N–H and O–H groups in total. The second-order valence-electron chi connectivity index (χ2n) is 7.00. The van der Waals surface area contributed by atoms with Crippen LogP contribution >= 0.6 is 0 Å². The van der Waals surface area contributed by atoms with Crippen molar-refractivity contribution < 1.29 is 13.2 Å². The number of sulfone groups is 1. The van der Waals surface area contributed by atoms with Crippen LogP contribution in [0.3, 0.4) is 0 Å². The zero-order valence-electron chi connectivity index (χ0n) is 13.9. The van der Waals surface area contributed by atoms with Gasteiger partial charge in [0.15, 0.2) is 9.84 Å². The first-order valence-corrected chi connectivity index (χ1v) is 10.7. The van der Waals surface area contributed by atoms with Crippen molar-refractivity contribution in [2.24, 2.45) is 5.92 Å². The maximum Gasteiger partial charge on any atom is 0.315 e. The molecule has 2 unspecified atom stereocenters. The Balaban J connectivity index is 1.66. The number of urea groups is 1. The van der Waals surface area contributed by atoms with Crippen LogP contribution in [0, 0.1) is 5.92 Å². The standard InChI is InChI=1S/C18H26N2O3S/c21-18(19-16-11-12-24(22,23)13-16)20-17(14-7-3-1-4-8-14)15-9-5-2-6-10-15/h1,3-4,7-8,15-17H,2,5-6,9-13H2,(H2,19,20,21). The topological polar surface area (TPSA) is 75.3 Å². The Labute approximate surface area is 144 Å². The van der Waals surface area contributed by atoms with Gasteiger partial charge in [0, 0.05) is 6.04 Å². The summed E-state index contributed by atoms with van der Waals surface area (Å²) in [6.07, 6.45) is 6.44. The van der Waals surface area contributed by atoms with Crippen LogP contribution in [-0.2, 0) is 9.84 Å². The SMILES string of the molecule is O=C(NC1CCS(=O)(=O)C1)NC(c1ccccc1)C1CCCCC1. The van der Waals surface area contributed by atoms with E-state index in [-0.39, 0.29) is 29.6 Å². The lowest BCUT2D eigenvalue weighted by Crippen LogP contribution is -2.45. The van der Waals surface area contributed by atoms with Crippen molar-refractivity contribution in [1.82, 2.24) is 10.6 Å². The van der Waals surface area contributed by atoms with E-state index in [9.17, 15) is 13.2 Å². The second kappa shape index (κ2) is 7.55. The quantitative estimate of drug-likeness (QED) is 0.877. The minimum atomic E-state index is -2.98. The Bertz CT molecular complexity index is 654. The third kappa shape index (κ3) is 4.50. The Hall–Kier alpha value is -1.56. The largest absolute Gasteiger partial charge is 0.334 e. The predicted molar refractivity (Wildman–Crippen MR) is 94.5 cm³/mol. The maximum atomic E-state index is 12.4. The zero-order chi connectivity index (χ0) is 17.0. The molecular formula is C18H26N2O3S. The molecule has 1 aliphatic carbocycles. The van der Waals surface area contributed by atoms with Crippen LogP contribution in [-0.4, -0.2) is 32.0 Å². The molecule has 2 amide bonds. The molecule has 2 fully saturated rings. The highest BCUT2D eigenvalue weighted by molar-refractivity contribution is 7.91. The fourth-order valence-electron chi connectivity index (χ4n) is 3.88. The van der Waals surface area contributed by atoms with Crippen molar-refractivity contribution in [2.75, 3.05) is 11.5 Å². The van der Waals surface area contributed by atoms with Gasteiger partial charge in [-0.2, -0.15) is 0 Å². The van der Waals surface area contributed by atoms with Gasteiger partial charge in [0.05, 0.1) is 17.5 Å². The van der Waals surface area contributed by atoms with Crippen LogP contribution in [0.1, 0.15) is 50.1 Å². The lowest BCUT2D eigenvalue weighted by atomic mass is 9.81. The Kier molecular flexibility index (Phi) is 5.43. The number of nitrogens with one attached hydrogen (secondary N) is 2. The summed E-state index contributed by atoms with van der Waals surface area (Å²) in [6, 6.07) is 9.55. The van der Waals surface area contributed by atoms with Gasteiger partial charge in [-0.1, -0.05) is 49.6 Å². The van der Waals surface area contributed by atoms with Crippen molar-refractivity contribution in [3.05, 3.63) is 35.9 Å². The van der Waals surface area contributed by atoms with Crippen LogP contribution in [0.5, 0.6) is 0 Å². The van der Waals surface area contributed by atoms with Gasteiger partial charge in [0.1, 0.15) is 0 Å². The molecule has 1 saturated heterocycles. The summed E-state index contributed by atoms with van der Waals surface area (Å²) in [4.78, 5) is 12.4. The number of carbonyl (C=O) groups is 1. The Morgan fingerprint density at radius 1 is 1.04 bits per heavy atom. The lowest BCUT2D eigenvalue weighted by molar-refractivity contribution is 0.219. The number of rotatable bonds is 4. The molecule has 3 rings (SSSR count). The fourth-order valence-corrected chi connectivity index (χ4v) is 5.55. The lowest BCUT2D eigenvalue weighted by Gasteiger charge is -2.31. The zero-order valence-corrected chi connectivity index (χ0v) is 14.7. The summed E-state index contributed by atoms with van der Waals surface area (Å²) < 4.78 is 23.1. The van der Waals surface area contributed by atoms with Crippen LogP contribution in [0.15, 0.2) is 30.3 Å². The molecular weight excluding hydrogens is 324 g/mol. The summed E-state index contributed by atoms with van der Waals surface area (Å²) in [5.74, 6) is 0.668. The van der Waals surface area contributed by atoms with Gasteiger partial charge in [0.25, 0.3) is 0 Å². The molecule has 2 atom stereocenters. The van der Waals surface area contributed by atoms with Crippen molar-refractivity contribution >= 4 is 15.9 Å². The summed E-state index contributed by atoms with van der Waals surface area (Å²) in [5.41, 5.74) is 1.12. The van der Waals surface area contributed by atoms with E-state index in [0.717, 1.165) is 18.4 Å². The number of carbonyl (C=O) groups excluding carboxylic acids is 1. The van der Waals surface area contributed by atoms with Gasteiger partial charge in [0.2, 0.25) is 0 Å². The average molecular weight is 350 g/mol. The third-order valence-electron chi connectivity index (χ3n) is 5.13. The summed E-state index contributed by atoms with van der Waals surface area (Å²) in [6.45, 7) is 0. The van der Waals surface area contributed by atoms with Crippen LogP contribution in [0.2, 0.25) is 0 Å². The van der Waals surface area contributed by atoms with Crippen molar-refractivity contribution in [3.63, 3.8) is 0 Å². The molecule has 0 radical (unpaired) electrons. The maximum absolute atomic E-state index is 12.4. The van der Waals surface area contributed by atoms with E-state index in [1.807, 2.05) is 18.2 Å². The van der Waals surface area contributed by atoms with Crippen molar-refractivity contribution in [3.8, 4) is 0 Å². The van der Waals surface area contributed by atoms with Crippen molar-refractivity contribution in [1.29, 1.82) is 0 Å². The van der Waals surface area contributed by atoms with Gasteiger partial charge in [-0.05, 0) is 30.7 Å². The van der Waals surface area contributed by atoms with E-state index in [1.165, 1.54) is 19.3 Å². The summed E-state index contributed by atoms with van der Waals surface area (Å²) in [7, 11) is -2.98. The van der Waals surface area contributed by atoms with Gasteiger partial charge >= 0.3 is 6.03 Å². The second-order valence-corrected chi connectivity index (χ2v) is 9.23. The van der Waals surface area contributed by atoms with E-state index < -0.39 is 9.84 Å². The molecule has 0 aromatic heterocycles. The minimum absolute atomic E-state index is 0.00971. The highest BCUT2D eigenvalue weighted by atomic mass is 32.2. The Morgan fingerprint density at radius 2 is 1.75 bits per heavy atom. The van der Waals surface area contributed by atoms with Gasteiger partial charge in [-0.3, -0.25) is 0 Å². The normalized spacial score (nSPS) is 25.1. The third-order valence-corrected chi connectivity index (χ3v) is 6.90. The monoisotopic (exact) mass is 350 g/mol. The van der Waals surface area contributed by atoms with E-state index in [1.54, 1.807) is 0 Å². The first kappa shape index (κ1) is 17.3. The molecule has 132 valence electrons. The highest BCUT2D eigenvalue weighted by Crippen LogP contribution is 2.34. The smallest absolute Gasteiger partial charge is 0.315 e. The molecule has 1 aromatic rings. The Morgan fingerprint density at radius 3 is 2.38 bits per heavy atom. The van der Waals surface area contributed by atoms with Gasteiger partial charge in [-0.15, -0.1) is 0 Å². The molecule has 24 heavy (non-hydrogen) atoms. The van der Waals surface area contributed by atoms with E-state index in [4.69, 9.17) is 0 Å². The molecule has 1 saturated carbocycles. The van der Waals surface area contributed by atoms with E-state index in [2.05, 4.69) is 22.8 Å². The van der Waals surface area contributed by atoms with Crippen LogP contribution in [0.4, 0.5) is 4.79 Å². The minimum Gasteiger partial charge on any atom is -0.334 e. The predicted octanol–water partition coefficient (Wildman–Crippen LogP) is 2.79. The first-order chi connectivity index (χ1) is 11.5. The molecule has 2 aliphatic rings. The molecule has 1 heterocycles. The van der Waals surface area contributed by atoms with Crippen LogP contribution < -0.4 is 10.6 Å². The molecule has 5 nitrogen and oxygen atoms in total. The summed E-state index contributed by atoms with van der Waals surface area (Å²) >= 11 is 0. The molecule has 1 aromatic carbocycles. The average Bonchev–Trinajstić information content (AvgIpc) is 2.93. The number of benzene rings is 1. The van der Waals surface area contributed by atoms with E-state index in [0.29, 0.717) is 12.3 Å². The number of hydrogen-bond acceptors (Lipinski definition) is 3. The number of hydrogen-bond donors (Lipinski definition) is 2. The van der Waals surface area contributed by atoms with Crippen LogP contribution in [0.25, 0.3) is 0 Å². The highest BCUT2D eigenvalue weighted by Gasteiger charge is 2.31. The molecule has 0 bridgehead atoms. The van der Waals surface area contributed by atoms with Gasteiger partial charge in [-0.25, -0.2) is 13.2 Å². The van der Waals surface area contributed by atoms with Gasteiger partial charge < -0.3 is 10.6 Å². The van der Waals surface area contributed by atoms with Crippen molar-refractivity contribution in [2.45, 2.75) is 50.6 Å². The molecule has 0 spiro atoms. The van der Waals surface area contributed by atoms with E-state index >= 15 is 0 Å². The number of amides is 2. The molecule has 6 heteroatoms. The fraction of sp³-hybridized carbons (Fsp3) is 0.611. The summed E-state index contributed by atoms with van der Waals surface area (Å²) in [5, 5.41) is 5.96. The molecule has 1 aliphatic heterocycles. The first-order valence-electron chi connectivity index (χ1n) is 8.86.